The second kappa shape index (κ2) is 5.81. The first-order valence-corrected chi connectivity index (χ1v) is 6.95. The van der Waals surface area contributed by atoms with E-state index in [0.29, 0.717) is 15.7 Å². The Bertz CT molecular complexity index is 635. The summed E-state index contributed by atoms with van der Waals surface area (Å²) in [7, 11) is 0. The summed E-state index contributed by atoms with van der Waals surface area (Å²) < 4.78 is 4.72. The number of aryl methyl sites for hydroxylation is 1. The number of oxime groups is 1. The summed E-state index contributed by atoms with van der Waals surface area (Å²) in [6, 6.07) is 5.31. The lowest BCUT2D eigenvalue weighted by atomic mass is 9.99. The van der Waals surface area contributed by atoms with Crippen molar-refractivity contribution in [1.29, 1.82) is 0 Å². The van der Waals surface area contributed by atoms with Gasteiger partial charge >= 0.3 is 0 Å². The molecule has 20 heavy (non-hydrogen) atoms. The number of halogens is 2. The largest absolute Gasteiger partial charge is 0.391 e. The molecule has 1 heterocycles. The Morgan fingerprint density at radius 3 is 2.80 bits per heavy atom. The molecule has 0 atom stereocenters. The fourth-order valence-electron chi connectivity index (χ4n) is 2.07. The maximum Gasteiger partial charge on any atom is 0.155 e. The minimum Gasteiger partial charge on any atom is -0.391 e. The van der Waals surface area contributed by atoms with Crippen LogP contribution in [0.1, 0.15) is 29.8 Å². The van der Waals surface area contributed by atoms with Gasteiger partial charge in [0.1, 0.15) is 18.0 Å². The average Bonchev–Trinajstić information content (AvgIpc) is 2.91. The highest BCUT2D eigenvalue weighted by atomic mass is 35.5. The molecule has 0 unspecified atom stereocenters. The molecule has 3 rings (SSSR count). The maximum absolute atomic E-state index is 6.06. The van der Waals surface area contributed by atoms with Gasteiger partial charge in [-0.05, 0) is 36.6 Å². The van der Waals surface area contributed by atoms with E-state index in [9.17, 15) is 0 Å². The molecule has 0 saturated heterocycles. The first-order valence-electron chi connectivity index (χ1n) is 6.19. The number of nitrogens with zero attached hydrogens (tertiary/aromatic N) is 3. The summed E-state index contributed by atoms with van der Waals surface area (Å²) >= 11 is 12.1. The topological polar surface area (TPSA) is 60.5 Å². The monoisotopic (exact) mass is 311 g/mol. The third-order valence-electron chi connectivity index (χ3n) is 3.10. The predicted molar refractivity (Wildman–Crippen MR) is 75.0 cm³/mol. The summed E-state index contributed by atoms with van der Waals surface area (Å²) in [5, 5.41) is 12.9. The zero-order chi connectivity index (χ0) is 13.9. The molecule has 0 bridgehead atoms. The molecule has 0 N–H and O–H groups in total. The third-order valence-corrected chi connectivity index (χ3v) is 3.81. The molecule has 1 aliphatic carbocycles. The highest BCUT2D eigenvalue weighted by Gasteiger charge is 2.21. The molecule has 104 valence electrons. The quantitative estimate of drug-likeness (QED) is 0.812. The van der Waals surface area contributed by atoms with Crippen molar-refractivity contribution in [3.8, 4) is 0 Å². The van der Waals surface area contributed by atoms with Crippen LogP contribution in [0.2, 0.25) is 10.0 Å². The average molecular weight is 312 g/mol. The summed E-state index contributed by atoms with van der Waals surface area (Å²) in [5.41, 5.74) is 2.97. The molecule has 0 radical (unpaired) electrons. The van der Waals surface area contributed by atoms with E-state index in [1.807, 2.05) is 0 Å². The maximum atomic E-state index is 6.06. The molecule has 7 heteroatoms. The summed E-state index contributed by atoms with van der Waals surface area (Å²) in [4.78, 5) is 5.36. The van der Waals surface area contributed by atoms with Gasteiger partial charge in [-0.3, -0.25) is 0 Å². The van der Waals surface area contributed by atoms with E-state index >= 15 is 0 Å². The van der Waals surface area contributed by atoms with Crippen LogP contribution in [0.25, 0.3) is 0 Å². The first kappa shape index (κ1) is 13.4. The first-order chi connectivity index (χ1) is 9.75. The van der Waals surface area contributed by atoms with Crippen LogP contribution in [-0.2, 0) is 17.9 Å². The van der Waals surface area contributed by atoms with Crippen LogP contribution in [0.5, 0.6) is 0 Å². The fourth-order valence-corrected chi connectivity index (χ4v) is 2.57. The van der Waals surface area contributed by atoms with E-state index in [1.165, 1.54) is 0 Å². The normalized spacial score (nSPS) is 16.2. The van der Waals surface area contributed by atoms with Gasteiger partial charge in [0.15, 0.2) is 5.69 Å². The second-order valence-corrected chi connectivity index (χ2v) is 5.24. The SMILES string of the molecule is Clc1cccc(Cl)c1CO/N=C1\CCCc2nonc21. The van der Waals surface area contributed by atoms with Crippen molar-refractivity contribution >= 4 is 28.9 Å². The van der Waals surface area contributed by atoms with E-state index in [4.69, 9.17) is 32.7 Å². The molecule has 0 amide bonds. The predicted octanol–water partition coefficient (Wildman–Crippen LogP) is 3.63. The molecule has 1 aromatic carbocycles. The Hall–Kier alpha value is -1.59. The van der Waals surface area contributed by atoms with Crippen molar-refractivity contribution < 1.29 is 9.47 Å². The molecule has 0 aliphatic heterocycles. The van der Waals surface area contributed by atoms with Crippen LogP contribution in [0.3, 0.4) is 0 Å². The van der Waals surface area contributed by atoms with Gasteiger partial charge in [0, 0.05) is 15.6 Å². The third kappa shape index (κ3) is 2.64. The molecule has 0 saturated carbocycles. The van der Waals surface area contributed by atoms with E-state index in [0.717, 1.165) is 36.2 Å². The zero-order valence-electron chi connectivity index (χ0n) is 10.5. The molecule has 5 nitrogen and oxygen atoms in total. The Morgan fingerprint density at radius 1 is 1.20 bits per heavy atom. The second-order valence-electron chi connectivity index (χ2n) is 4.42. The van der Waals surface area contributed by atoms with Crippen molar-refractivity contribution in [2.24, 2.45) is 5.16 Å². The standard InChI is InChI=1S/C13H11Cl2N3O2/c14-9-3-1-4-10(15)8(9)7-19-16-11-5-2-6-12-13(11)18-20-17-12/h1,3-4H,2,5-7H2/b16-11+. The Labute approximate surface area is 125 Å². The van der Waals surface area contributed by atoms with Gasteiger partial charge in [-0.1, -0.05) is 39.6 Å². The summed E-state index contributed by atoms with van der Waals surface area (Å²) in [6.07, 6.45) is 2.60. The van der Waals surface area contributed by atoms with Gasteiger partial charge in [-0.2, -0.15) is 0 Å². The minimum atomic E-state index is 0.211. The molecule has 1 aromatic heterocycles. The number of benzene rings is 1. The van der Waals surface area contributed by atoms with Crippen molar-refractivity contribution in [2.75, 3.05) is 0 Å². The highest BCUT2D eigenvalue weighted by Crippen LogP contribution is 2.25. The van der Waals surface area contributed by atoms with Crippen LogP contribution >= 0.6 is 23.2 Å². The van der Waals surface area contributed by atoms with Crippen molar-refractivity contribution in [2.45, 2.75) is 25.9 Å². The molecule has 0 spiro atoms. The minimum absolute atomic E-state index is 0.211. The van der Waals surface area contributed by atoms with Gasteiger partial charge in [0.05, 0.1) is 0 Å². The smallest absolute Gasteiger partial charge is 0.155 e. The lowest BCUT2D eigenvalue weighted by Crippen LogP contribution is -2.12. The Kier molecular flexibility index (Phi) is 3.89. The number of fused-ring (bicyclic) bond motifs is 1. The molecule has 0 fully saturated rings. The number of hydrogen-bond acceptors (Lipinski definition) is 5. The van der Waals surface area contributed by atoms with Gasteiger partial charge in [-0.15, -0.1) is 0 Å². The summed E-state index contributed by atoms with van der Waals surface area (Å²) in [5.74, 6) is 0. The van der Waals surface area contributed by atoms with E-state index in [1.54, 1.807) is 18.2 Å². The van der Waals surface area contributed by atoms with Gasteiger partial charge < -0.3 is 4.84 Å². The van der Waals surface area contributed by atoms with E-state index < -0.39 is 0 Å². The van der Waals surface area contributed by atoms with Crippen molar-refractivity contribution in [1.82, 2.24) is 10.3 Å². The number of rotatable bonds is 3. The van der Waals surface area contributed by atoms with E-state index in [2.05, 4.69) is 15.5 Å². The van der Waals surface area contributed by atoms with Gasteiger partial charge in [0.25, 0.3) is 0 Å². The van der Waals surface area contributed by atoms with Crippen LogP contribution < -0.4 is 0 Å². The van der Waals surface area contributed by atoms with Crippen LogP contribution in [0, 0.1) is 0 Å². The van der Waals surface area contributed by atoms with Gasteiger partial charge in [-0.25, -0.2) is 4.63 Å². The Balaban J connectivity index is 1.73. The Morgan fingerprint density at radius 2 is 2.00 bits per heavy atom. The van der Waals surface area contributed by atoms with Gasteiger partial charge in [0.2, 0.25) is 0 Å². The number of aromatic nitrogens is 2. The molecular weight excluding hydrogens is 301 g/mol. The molecule has 2 aromatic rings. The summed E-state index contributed by atoms with van der Waals surface area (Å²) in [6.45, 7) is 0.211. The van der Waals surface area contributed by atoms with Crippen molar-refractivity contribution in [3.63, 3.8) is 0 Å². The molecule has 1 aliphatic rings. The van der Waals surface area contributed by atoms with Crippen LogP contribution in [0.4, 0.5) is 0 Å². The fraction of sp³-hybridized carbons (Fsp3) is 0.308. The van der Waals surface area contributed by atoms with Crippen molar-refractivity contribution in [3.05, 3.63) is 45.2 Å². The lowest BCUT2D eigenvalue weighted by Gasteiger charge is -2.10. The zero-order valence-corrected chi connectivity index (χ0v) is 12.0. The molecular formula is C13H11Cl2N3O2. The lowest BCUT2D eigenvalue weighted by molar-refractivity contribution is 0.130. The highest BCUT2D eigenvalue weighted by molar-refractivity contribution is 6.35. The van der Waals surface area contributed by atoms with Crippen LogP contribution in [-0.4, -0.2) is 16.0 Å². The van der Waals surface area contributed by atoms with E-state index in [-0.39, 0.29) is 6.61 Å². The van der Waals surface area contributed by atoms with Crippen LogP contribution in [0.15, 0.2) is 28.0 Å². The number of hydrogen-bond donors (Lipinski definition) is 0.